The molecule has 0 spiro atoms. The highest BCUT2D eigenvalue weighted by Crippen LogP contribution is 2.11. The van der Waals surface area contributed by atoms with Gasteiger partial charge in [-0.1, -0.05) is 28.1 Å². The Bertz CT molecular complexity index is 746. The molecule has 27 heavy (non-hydrogen) atoms. The molecular formula is C20H25BrN4O2. The fourth-order valence-electron chi connectivity index (χ4n) is 2.35. The first-order chi connectivity index (χ1) is 13.1. The minimum atomic E-state index is -0.0653. The Balaban J connectivity index is 1.64. The Morgan fingerprint density at radius 2 is 1.67 bits per heavy atom. The van der Waals surface area contributed by atoms with Crippen molar-refractivity contribution >= 4 is 27.8 Å². The molecule has 0 aromatic heterocycles. The molecule has 0 radical (unpaired) electrons. The Labute approximate surface area is 168 Å². The lowest BCUT2D eigenvalue weighted by molar-refractivity contribution is 0.0953. The molecule has 0 bridgehead atoms. The van der Waals surface area contributed by atoms with Crippen molar-refractivity contribution in [2.45, 2.75) is 13.0 Å². The van der Waals surface area contributed by atoms with Crippen molar-refractivity contribution in [1.29, 1.82) is 0 Å². The van der Waals surface area contributed by atoms with Crippen LogP contribution in [0.2, 0.25) is 0 Å². The number of rotatable bonds is 8. The molecule has 2 aromatic carbocycles. The maximum atomic E-state index is 12.0. The number of methoxy groups -OCH3 is 1. The van der Waals surface area contributed by atoms with Gasteiger partial charge in [0.1, 0.15) is 5.75 Å². The van der Waals surface area contributed by atoms with Crippen LogP contribution in [0, 0.1) is 0 Å². The van der Waals surface area contributed by atoms with Crippen molar-refractivity contribution in [3.63, 3.8) is 0 Å². The SMILES string of the molecule is CN=C(NCCCNC(=O)c1ccc(Br)cc1)NCc1ccc(OC)cc1. The van der Waals surface area contributed by atoms with Gasteiger partial charge in [-0.15, -0.1) is 0 Å². The summed E-state index contributed by atoms with van der Waals surface area (Å²) >= 11 is 3.36. The van der Waals surface area contributed by atoms with E-state index in [0.29, 0.717) is 25.2 Å². The van der Waals surface area contributed by atoms with Crippen LogP contribution in [0.5, 0.6) is 5.75 Å². The number of nitrogens with zero attached hydrogens (tertiary/aromatic N) is 1. The van der Waals surface area contributed by atoms with Gasteiger partial charge in [-0.25, -0.2) is 0 Å². The lowest BCUT2D eigenvalue weighted by atomic mass is 10.2. The first-order valence-corrected chi connectivity index (χ1v) is 9.53. The smallest absolute Gasteiger partial charge is 0.251 e. The molecule has 0 fully saturated rings. The molecule has 2 rings (SSSR count). The zero-order valence-corrected chi connectivity index (χ0v) is 17.2. The van der Waals surface area contributed by atoms with Crippen LogP contribution in [0.3, 0.4) is 0 Å². The molecule has 0 aliphatic rings. The molecule has 0 saturated carbocycles. The third-order valence-corrected chi connectivity index (χ3v) is 4.41. The number of carbonyl (C=O) groups is 1. The first-order valence-electron chi connectivity index (χ1n) is 8.73. The van der Waals surface area contributed by atoms with Gasteiger partial charge in [0.15, 0.2) is 5.96 Å². The fraction of sp³-hybridized carbons (Fsp3) is 0.300. The highest BCUT2D eigenvalue weighted by molar-refractivity contribution is 9.10. The van der Waals surface area contributed by atoms with Crippen LogP contribution in [0.15, 0.2) is 58.0 Å². The molecule has 0 aliphatic heterocycles. The summed E-state index contributed by atoms with van der Waals surface area (Å²) in [4.78, 5) is 16.2. The van der Waals surface area contributed by atoms with Gasteiger partial charge < -0.3 is 20.7 Å². The highest BCUT2D eigenvalue weighted by Gasteiger charge is 2.04. The monoisotopic (exact) mass is 432 g/mol. The fourth-order valence-corrected chi connectivity index (χ4v) is 2.61. The van der Waals surface area contributed by atoms with Gasteiger partial charge >= 0.3 is 0 Å². The van der Waals surface area contributed by atoms with Crippen molar-refractivity contribution in [3.05, 3.63) is 64.1 Å². The van der Waals surface area contributed by atoms with E-state index in [9.17, 15) is 4.79 Å². The molecule has 0 aliphatic carbocycles. The number of ether oxygens (including phenoxy) is 1. The molecule has 2 aromatic rings. The standard InChI is InChI=1S/C20H25BrN4O2/c1-22-20(25-14-15-4-10-18(27-2)11-5-15)24-13-3-12-23-19(26)16-6-8-17(21)9-7-16/h4-11H,3,12-14H2,1-2H3,(H,23,26)(H2,22,24,25). The van der Waals surface area contributed by atoms with Gasteiger partial charge in [-0.05, 0) is 48.4 Å². The Morgan fingerprint density at radius 3 is 2.30 bits per heavy atom. The van der Waals surface area contributed by atoms with Crippen molar-refractivity contribution in [1.82, 2.24) is 16.0 Å². The van der Waals surface area contributed by atoms with Crippen molar-refractivity contribution < 1.29 is 9.53 Å². The number of hydrogen-bond acceptors (Lipinski definition) is 3. The van der Waals surface area contributed by atoms with Crippen LogP contribution < -0.4 is 20.7 Å². The van der Waals surface area contributed by atoms with Gasteiger partial charge in [0, 0.05) is 36.7 Å². The van der Waals surface area contributed by atoms with E-state index in [1.807, 2.05) is 36.4 Å². The summed E-state index contributed by atoms with van der Waals surface area (Å²) in [6.07, 6.45) is 0.797. The lowest BCUT2D eigenvalue weighted by Gasteiger charge is -2.12. The van der Waals surface area contributed by atoms with Gasteiger partial charge in [-0.3, -0.25) is 9.79 Å². The predicted octanol–water partition coefficient (Wildman–Crippen LogP) is 2.94. The van der Waals surface area contributed by atoms with Crippen molar-refractivity contribution in [3.8, 4) is 5.75 Å². The van der Waals surface area contributed by atoms with Crippen LogP contribution in [0.1, 0.15) is 22.3 Å². The quantitative estimate of drug-likeness (QED) is 0.340. The third-order valence-electron chi connectivity index (χ3n) is 3.88. The predicted molar refractivity (Wildman–Crippen MR) is 112 cm³/mol. The molecular weight excluding hydrogens is 408 g/mol. The minimum Gasteiger partial charge on any atom is -0.497 e. The summed E-state index contributed by atoms with van der Waals surface area (Å²) in [5, 5.41) is 9.41. The van der Waals surface area contributed by atoms with E-state index < -0.39 is 0 Å². The number of amides is 1. The molecule has 0 unspecified atom stereocenters. The molecule has 0 heterocycles. The Kier molecular flexibility index (Phi) is 8.64. The van der Waals surface area contributed by atoms with Crippen LogP contribution in [0.25, 0.3) is 0 Å². The second kappa shape index (κ2) is 11.2. The number of carbonyl (C=O) groups excluding carboxylic acids is 1. The van der Waals surface area contributed by atoms with Gasteiger partial charge in [0.2, 0.25) is 0 Å². The van der Waals surface area contributed by atoms with Gasteiger partial charge in [0.25, 0.3) is 5.91 Å². The molecule has 7 heteroatoms. The van der Waals surface area contributed by atoms with E-state index in [1.54, 1.807) is 26.3 Å². The summed E-state index contributed by atoms with van der Waals surface area (Å²) in [6, 6.07) is 15.2. The third kappa shape index (κ3) is 7.30. The Morgan fingerprint density at radius 1 is 1.00 bits per heavy atom. The van der Waals surface area contributed by atoms with E-state index in [0.717, 1.165) is 28.2 Å². The summed E-state index contributed by atoms with van der Waals surface area (Å²) in [6.45, 7) is 1.98. The van der Waals surface area contributed by atoms with Crippen LogP contribution in [-0.4, -0.2) is 39.1 Å². The minimum absolute atomic E-state index is 0.0653. The molecule has 0 saturated heterocycles. The summed E-state index contributed by atoms with van der Waals surface area (Å²) in [5.74, 6) is 1.50. The average molecular weight is 433 g/mol. The highest BCUT2D eigenvalue weighted by atomic mass is 79.9. The summed E-state index contributed by atoms with van der Waals surface area (Å²) in [5.41, 5.74) is 1.80. The van der Waals surface area contributed by atoms with E-state index in [4.69, 9.17) is 4.74 Å². The van der Waals surface area contributed by atoms with Crippen LogP contribution in [0.4, 0.5) is 0 Å². The maximum absolute atomic E-state index is 12.0. The van der Waals surface area contributed by atoms with E-state index in [-0.39, 0.29) is 5.91 Å². The van der Waals surface area contributed by atoms with E-state index >= 15 is 0 Å². The largest absolute Gasteiger partial charge is 0.497 e. The second-order valence-corrected chi connectivity index (χ2v) is 6.73. The number of guanidine groups is 1. The van der Waals surface area contributed by atoms with E-state index in [2.05, 4.69) is 36.9 Å². The van der Waals surface area contributed by atoms with Crippen molar-refractivity contribution in [2.75, 3.05) is 27.2 Å². The topological polar surface area (TPSA) is 74.8 Å². The number of aliphatic imine (C=N–C) groups is 1. The van der Waals surface area contributed by atoms with Gasteiger partial charge in [-0.2, -0.15) is 0 Å². The van der Waals surface area contributed by atoms with Gasteiger partial charge in [0.05, 0.1) is 7.11 Å². The normalized spacial score (nSPS) is 11.0. The van der Waals surface area contributed by atoms with Crippen LogP contribution >= 0.6 is 15.9 Å². The number of hydrogen-bond donors (Lipinski definition) is 3. The first kappa shape index (κ1) is 20.8. The lowest BCUT2D eigenvalue weighted by Crippen LogP contribution is -2.38. The molecule has 6 nitrogen and oxygen atoms in total. The number of benzene rings is 2. The molecule has 144 valence electrons. The average Bonchev–Trinajstić information content (AvgIpc) is 2.70. The zero-order chi connectivity index (χ0) is 19.5. The second-order valence-electron chi connectivity index (χ2n) is 5.82. The zero-order valence-electron chi connectivity index (χ0n) is 15.6. The molecule has 3 N–H and O–H groups in total. The maximum Gasteiger partial charge on any atom is 0.251 e. The number of halogens is 1. The number of nitrogens with one attached hydrogen (secondary N) is 3. The molecule has 0 atom stereocenters. The summed E-state index contributed by atoms with van der Waals surface area (Å²) in [7, 11) is 3.39. The van der Waals surface area contributed by atoms with Crippen molar-refractivity contribution in [2.24, 2.45) is 4.99 Å². The summed E-state index contributed by atoms with van der Waals surface area (Å²) < 4.78 is 6.11. The van der Waals surface area contributed by atoms with Crippen LogP contribution in [-0.2, 0) is 6.54 Å². The Hall–Kier alpha value is -2.54. The molecule has 1 amide bonds. The van der Waals surface area contributed by atoms with E-state index in [1.165, 1.54) is 0 Å².